The second-order valence-corrected chi connectivity index (χ2v) is 9.34. The topological polar surface area (TPSA) is 91.7 Å². The molecule has 1 atom stereocenters. The highest BCUT2D eigenvalue weighted by Crippen LogP contribution is 2.37. The van der Waals surface area contributed by atoms with Crippen LogP contribution < -0.4 is 5.30 Å². The molecule has 0 aliphatic rings. The Kier molecular flexibility index (Phi) is 6.57. The van der Waals surface area contributed by atoms with Crippen molar-refractivity contribution in [2.24, 2.45) is 0 Å². The number of carbonyl (C=O) groups excluding carboxylic acids is 1. The highest BCUT2D eigenvalue weighted by atomic mass is 35.5. The minimum atomic E-state index is -4.39. The van der Waals surface area contributed by atoms with Gasteiger partial charge < -0.3 is 4.74 Å². The molecule has 30 heavy (non-hydrogen) atoms. The number of benzene rings is 2. The maximum absolute atomic E-state index is 15.0. The van der Waals surface area contributed by atoms with Gasteiger partial charge in [0.25, 0.3) is 15.3 Å². The monoisotopic (exact) mass is 472 g/mol. The molecule has 11 heteroatoms. The van der Waals surface area contributed by atoms with Gasteiger partial charge in [-0.3, -0.25) is 0 Å². The zero-order chi connectivity index (χ0) is 22.1. The van der Waals surface area contributed by atoms with Gasteiger partial charge in [0, 0.05) is 0 Å². The first-order chi connectivity index (χ1) is 14.3. The smallest absolute Gasteiger partial charge is 0.461 e. The molecule has 3 rings (SSSR count). The first-order valence-electron chi connectivity index (χ1n) is 8.86. The van der Waals surface area contributed by atoms with Crippen molar-refractivity contribution >= 4 is 51.8 Å². The van der Waals surface area contributed by atoms with E-state index in [9.17, 15) is 17.8 Å². The Labute approximate surface area is 178 Å². The molecule has 0 radical (unpaired) electrons. The highest BCUT2D eigenvalue weighted by Gasteiger charge is 2.43. The first-order valence-corrected chi connectivity index (χ1v) is 11.9. The number of nitrogens with zero attached hydrogens (tertiary/aromatic N) is 1. The number of esters is 1. The second-order valence-electron chi connectivity index (χ2n) is 5.93. The quantitative estimate of drug-likeness (QED) is 0.377. The fourth-order valence-electron chi connectivity index (χ4n) is 2.96. The predicted molar refractivity (Wildman–Crippen MR) is 111 cm³/mol. The van der Waals surface area contributed by atoms with Crippen LogP contribution >= 0.6 is 19.6 Å². The van der Waals surface area contributed by atoms with Crippen LogP contribution in [0.15, 0.2) is 47.4 Å². The van der Waals surface area contributed by atoms with E-state index in [-0.39, 0.29) is 34.0 Å². The lowest BCUT2D eigenvalue weighted by Crippen LogP contribution is -2.24. The van der Waals surface area contributed by atoms with Gasteiger partial charge in [-0.25, -0.2) is 21.6 Å². The molecule has 158 valence electrons. The van der Waals surface area contributed by atoms with Crippen LogP contribution in [0.1, 0.15) is 24.3 Å². The van der Waals surface area contributed by atoms with E-state index in [2.05, 4.69) is 0 Å². The van der Waals surface area contributed by atoms with Crippen LogP contribution in [0.3, 0.4) is 0 Å². The van der Waals surface area contributed by atoms with Gasteiger partial charge in [-0.05, 0) is 42.7 Å². The van der Waals surface area contributed by atoms with Crippen molar-refractivity contribution in [1.82, 2.24) is 3.97 Å². The summed E-state index contributed by atoms with van der Waals surface area (Å²) in [6.45, 7) is 2.98. The van der Waals surface area contributed by atoms with Crippen LogP contribution in [-0.4, -0.2) is 31.6 Å². The van der Waals surface area contributed by atoms with Crippen LogP contribution in [-0.2, 0) is 23.8 Å². The van der Waals surface area contributed by atoms with E-state index in [0.717, 1.165) is 6.07 Å². The van der Waals surface area contributed by atoms with Crippen LogP contribution in [0.25, 0.3) is 10.9 Å². The molecule has 1 unspecified atom stereocenters. The molecule has 1 heterocycles. The number of fused-ring (bicyclic) bond motifs is 1. The molecular weight excluding hydrogens is 456 g/mol. The van der Waals surface area contributed by atoms with Crippen LogP contribution in [0.5, 0.6) is 0 Å². The molecule has 0 N–H and O–H groups in total. The van der Waals surface area contributed by atoms with E-state index in [1.54, 1.807) is 13.0 Å². The van der Waals surface area contributed by atoms with Gasteiger partial charge in [-0.1, -0.05) is 29.8 Å². The van der Waals surface area contributed by atoms with Crippen LogP contribution in [0.4, 0.5) is 4.39 Å². The maximum atomic E-state index is 15.0. The van der Waals surface area contributed by atoms with Gasteiger partial charge in [0.2, 0.25) is 0 Å². The zero-order valence-electron chi connectivity index (χ0n) is 16.0. The average molecular weight is 473 g/mol. The summed E-state index contributed by atoms with van der Waals surface area (Å²) in [7, 11) is -7.19. The SMILES string of the molecule is CCOC(=O)c1c([P+](=O)OCC)c2c(F)c(Cl)ccc2n1S(=O)(=O)c1ccccc1. The minimum Gasteiger partial charge on any atom is -0.461 e. The molecule has 0 spiro atoms. The summed E-state index contributed by atoms with van der Waals surface area (Å²) in [6.07, 6.45) is 0. The Morgan fingerprint density at radius 3 is 2.40 bits per heavy atom. The summed E-state index contributed by atoms with van der Waals surface area (Å²) in [5, 5.41) is -1.12. The second kappa shape index (κ2) is 8.81. The van der Waals surface area contributed by atoms with Crippen LogP contribution in [0, 0.1) is 5.82 Å². The molecule has 1 aromatic heterocycles. The molecule has 3 aromatic rings. The third kappa shape index (κ3) is 3.74. The molecule has 0 fully saturated rings. The summed E-state index contributed by atoms with van der Waals surface area (Å²) >= 11 is 5.89. The molecule has 0 bridgehead atoms. The van der Waals surface area contributed by atoms with Crippen molar-refractivity contribution in [3.8, 4) is 0 Å². The van der Waals surface area contributed by atoms with E-state index in [4.69, 9.17) is 20.9 Å². The molecule has 0 saturated heterocycles. The van der Waals surface area contributed by atoms with Gasteiger partial charge in [-0.2, -0.15) is 0 Å². The lowest BCUT2D eigenvalue weighted by Gasteiger charge is -2.11. The van der Waals surface area contributed by atoms with E-state index >= 15 is 4.39 Å². The summed E-state index contributed by atoms with van der Waals surface area (Å²) in [5.74, 6) is -2.10. The van der Waals surface area contributed by atoms with E-state index in [1.807, 2.05) is 0 Å². The largest absolute Gasteiger partial charge is 0.552 e. The third-order valence-electron chi connectivity index (χ3n) is 4.13. The fraction of sp³-hybridized carbons (Fsp3) is 0.211. The van der Waals surface area contributed by atoms with Gasteiger partial charge in [0.05, 0.1) is 27.4 Å². The molecule has 0 saturated carbocycles. The van der Waals surface area contributed by atoms with Crippen molar-refractivity contribution in [2.75, 3.05) is 13.2 Å². The van der Waals surface area contributed by atoms with E-state index < -0.39 is 40.8 Å². The van der Waals surface area contributed by atoms with Gasteiger partial charge >= 0.3 is 14.0 Å². The Bertz CT molecular complexity index is 1240. The van der Waals surface area contributed by atoms with Crippen molar-refractivity contribution in [3.63, 3.8) is 0 Å². The Morgan fingerprint density at radius 2 is 1.80 bits per heavy atom. The lowest BCUT2D eigenvalue weighted by atomic mass is 10.2. The third-order valence-corrected chi connectivity index (χ3v) is 7.45. The summed E-state index contributed by atoms with van der Waals surface area (Å²) in [6, 6.07) is 9.67. The van der Waals surface area contributed by atoms with E-state index in [0.29, 0.717) is 3.97 Å². The maximum Gasteiger partial charge on any atom is 0.552 e. The number of hydrogen-bond donors (Lipinski definition) is 0. The Balaban J connectivity index is 2.53. The van der Waals surface area contributed by atoms with Gasteiger partial charge in [0.1, 0.15) is 6.61 Å². The molecule has 0 aliphatic carbocycles. The van der Waals surface area contributed by atoms with Crippen molar-refractivity contribution in [3.05, 3.63) is 59.0 Å². The molecule has 2 aromatic carbocycles. The molecule has 0 aliphatic heterocycles. The minimum absolute atomic E-state index is 0.0161. The number of rotatable bonds is 7. The fourth-order valence-corrected chi connectivity index (χ4v) is 5.83. The van der Waals surface area contributed by atoms with Crippen molar-refractivity contribution in [2.45, 2.75) is 18.7 Å². The van der Waals surface area contributed by atoms with Crippen molar-refractivity contribution < 1.29 is 31.4 Å². The summed E-state index contributed by atoms with van der Waals surface area (Å²) < 4.78 is 65.5. The Hall–Kier alpha value is -2.32. The number of hydrogen-bond acceptors (Lipinski definition) is 6. The number of carbonyl (C=O) groups is 1. The normalized spacial score (nSPS) is 12.2. The summed E-state index contributed by atoms with van der Waals surface area (Å²) in [5.41, 5.74) is -0.798. The highest BCUT2D eigenvalue weighted by molar-refractivity contribution is 7.90. The standard InChI is InChI=1S/C19H17ClFNO6PS/c1-3-27-19(23)17-18(29(24)28-4-2)15-14(11-10-13(20)16(15)21)22(17)30(25,26)12-8-6-5-7-9-12/h5-11H,3-4H2,1-2H3/q+1. The Morgan fingerprint density at radius 1 is 1.13 bits per heavy atom. The number of ether oxygens (including phenoxy) is 1. The predicted octanol–water partition coefficient (Wildman–Crippen LogP) is 4.25. The average Bonchev–Trinajstić information content (AvgIpc) is 3.08. The molecule has 7 nitrogen and oxygen atoms in total. The lowest BCUT2D eigenvalue weighted by molar-refractivity contribution is 0.0520. The van der Waals surface area contributed by atoms with E-state index in [1.165, 1.54) is 37.3 Å². The number of aromatic nitrogens is 1. The van der Waals surface area contributed by atoms with Gasteiger partial charge in [0.15, 0.2) is 11.5 Å². The molecular formula is C19H17ClFNO6PS+. The van der Waals surface area contributed by atoms with Crippen molar-refractivity contribution in [1.29, 1.82) is 0 Å². The zero-order valence-corrected chi connectivity index (χ0v) is 18.4. The molecule has 0 amide bonds. The first kappa shape index (κ1) is 22.4. The number of halogens is 2. The van der Waals surface area contributed by atoms with Gasteiger partial charge in [-0.15, -0.1) is 4.52 Å². The summed E-state index contributed by atoms with van der Waals surface area (Å²) in [4.78, 5) is 12.6. The van der Waals surface area contributed by atoms with Crippen LogP contribution in [0.2, 0.25) is 5.02 Å².